The second kappa shape index (κ2) is 9.06. The Morgan fingerprint density at radius 3 is 2.54 bits per heavy atom. The minimum absolute atomic E-state index is 0.179. The lowest BCUT2D eigenvalue weighted by atomic mass is 10.2. The van der Waals surface area contributed by atoms with Gasteiger partial charge in [0, 0.05) is 16.7 Å². The summed E-state index contributed by atoms with van der Waals surface area (Å²) >= 11 is 1.65. The highest BCUT2D eigenvalue weighted by molar-refractivity contribution is 7.98. The summed E-state index contributed by atoms with van der Waals surface area (Å²) in [6.45, 7) is -0.179. The summed E-state index contributed by atoms with van der Waals surface area (Å²) in [6.07, 6.45) is 0. The monoisotopic (exact) mass is 367 g/mol. The fraction of sp³-hybridized carbons (Fsp3) is 0.0952. The Balaban J connectivity index is 1.58. The van der Waals surface area contributed by atoms with E-state index in [0.29, 0.717) is 5.75 Å². The van der Waals surface area contributed by atoms with Crippen LogP contribution in [0.1, 0.15) is 5.56 Å². The molecule has 0 spiro atoms. The summed E-state index contributed by atoms with van der Waals surface area (Å²) < 4.78 is 18.5. The number of amides is 1. The topological polar surface area (TPSA) is 38.3 Å². The number of halogens is 1. The predicted octanol–water partition coefficient (Wildman–Crippen LogP) is 5.14. The Labute approximate surface area is 156 Å². The fourth-order valence-corrected chi connectivity index (χ4v) is 3.29. The molecule has 0 heterocycles. The number of carbonyl (C=O) groups is 1. The van der Waals surface area contributed by atoms with Crippen molar-refractivity contribution in [3.63, 3.8) is 0 Å². The van der Waals surface area contributed by atoms with E-state index in [2.05, 4.69) is 17.4 Å². The average Bonchev–Trinajstić information content (AvgIpc) is 2.67. The van der Waals surface area contributed by atoms with Crippen LogP contribution in [-0.2, 0) is 10.5 Å². The molecular weight excluding hydrogens is 349 g/mol. The number of anilines is 1. The summed E-state index contributed by atoms with van der Waals surface area (Å²) in [6, 6.07) is 23.5. The van der Waals surface area contributed by atoms with E-state index in [0.717, 1.165) is 16.3 Å². The zero-order valence-corrected chi connectivity index (χ0v) is 14.8. The quantitative estimate of drug-likeness (QED) is 0.588. The third-order valence-corrected chi connectivity index (χ3v) is 4.71. The van der Waals surface area contributed by atoms with Gasteiger partial charge >= 0.3 is 0 Å². The maximum atomic E-state index is 13.1. The van der Waals surface area contributed by atoms with E-state index in [-0.39, 0.29) is 12.5 Å². The van der Waals surface area contributed by atoms with Gasteiger partial charge in [0.2, 0.25) is 0 Å². The lowest BCUT2D eigenvalue weighted by Gasteiger charge is -2.11. The second-order valence-corrected chi connectivity index (χ2v) is 6.58. The van der Waals surface area contributed by atoms with E-state index in [1.165, 1.54) is 23.8 Å². The Morgan fingerprint density at radius 2 is 1.73 bits per heavy atom. The molecule has 0 bridgehead atoms. The van der Waals surface area contributed by atoms with Crippen molar-refractivity contribution < 1.29 is 13.9 Å². The Morgan fingerprint density at radius 1 is 0.962 bits per heavy atom. The first-order chi connectivity index (χ1) is 12.7. The van der Waals surface area contributed by atoms with Gasteiger partial charge in [-0.2, -0.15) is 0 Å². The van der Waals surface area contributed by atoms with Crippen molar-refractivity contribution in [1.82, 2.24) is 0 Å². The molecule has 0 aliphatic carbocycles. The number of para-hydroxylation sites is 1. The smallest absolute Gasteiger partial charge is 0.262 e. The third kappa shape index (κ3) is 5.36. The van der Waals surface area contributed by atoms with Gasteiger partial charge in [0.1, 0.15) is 11.6 Å². The number of benzene rings is 3. The maximum absolute atomic E-state index is 13.1. The predicted molar refractivity (Wildman–Crippen MR) is 103 cm³/mol. The summed E-state index contributed by atoms with van der Waals surface area (Å²) in [5.41, 5.74) is 1.95. The number of carbonyl (C=O) groups excluding carboxylic acids is 1. The zero-order chi connectivity index (χ0) is 18.2. The minimum Gasteiger partial charge on any atom is -0.484 e. The zero-order valence-electron chi connectivity index (χ0n) is 14.0. The fourth-order valence-electron chi connectivity index (χ4n) is 2.32. The lowest BCUT2D eigenvalue weighted by molar-refractivity contribution is -0.118. The van der Waals surface area contributed by atoms with Crippen LogP contribution in [0.5, 0.6) is 5.75 Å². The van der Waals surface area contributed by atoms with Gasteiger partial charge < -0.3 is 10.1 Å². The van der Waals surface area contributed by atoms with Crippen molar-refractivity contribution in [2.24, 2.45) is 0 Å². The number of ether oxygens (including phenoxy) is 1. The van der Waals surface area contributed by atoms with Crippen LogP contribution in [0.15, 0.2) is 83.8 Å². The van der Waals surface area contributed by atoms with Gasteiger partial charge in [-0.25, -0.2) is 4.39 Å². The van der Waals surface area contributed by atoms with E-state index in [1.54, 1.807) is 17.8 Å². The van der Waals surface area contributed by atoms with Crippen molar-refractivity contribution >= 4 is 23.4 Å². The first-order valence-electron chi connectivity index (χ1n) is 8.15. The van der Waals surface area contributed by atoms with Gasteiger partial charge in [-0.15, -0.1) is 11.8 Å². The largest absolute Gasteiger partial charge is 0.484 e. The average molecular weight is 367 g/mol. The van der Waals surface area contributed by atoms with Crippen LogP contribution >= 0.6 is 11.8 Å². The first-order valence-corrected chi connectivity index (χ1v) is 9.13. The first kappa shape index (κ1) is 18.0. The normalized spacial score (nSPS) is 10.3. The van der Waals surface area contributed by atoms with Crippen LogP contribution in [-0.4, -0.2) is 12.5 Å². The number of hydrogen-bond donors (Lipinski definition) is 1. The summed E-state index contributed by atoms with van der Waals surface area (Å²) in [7, 11) is 0. The highest BCUT2D eigenvalue weighted by Gasteiger charge is 2.08. The molecule has 3 rings (SSSR count). The molecule has 26 heavy (non-hydrogen) atoms. The van der Waals surface area contributed by atoms with Crippen LogP contribution in [0.2, 0.25) is 0 Å². The second-order valence-electron chi connectivity index (χ2n) is 5.56. The molecule has 1 N–H and O–H groups in total. The SMILES string of the molecule is O=C(COc1cccc(F)c1)Nc1ccccc1SCc1ccccc1. The molecule has 0 atom stereocenters. The Bertz CT molecular complexity index is 871. The molecule has 0 unspecified atom stereocenters. The van der Waals surface area contributed by atoms with Crippen LogP contribution in [0, 0.1) is 5.82 Å². The van der Waals surface area contributed by atoms with E-state index in [1.807, 2.05) is 42.5 Å². The Kier molecular flexibility index (Phi) is 6.28. The van der Waals surface area contributed by atoms with E-state index >= 15 is 0 Å². The molecule has 132 valence electrons. The molecule has 0 radical (unpaired) electrons. The van der Waals surface area contributed by atoms with E-state index in [4.69, 9.17) is 4.74 Å². The molecule has 3 nitrogen and oxygen atoms in total. The van der Waals surface area contributed by atoms with Gasteiger partial charge in [-0.1, -0.05) is 48.5 Å². The third-order valence-electron chi connectivity index (χ3n) is 3.56. The molecule has 0 aliphatic heterocycles. The van der Waals surface area contributed by atoms with Gasteiger partial charge in [0.25, 0.3) is 5.91 Å². The van der Waals surface area contributed by atoms with E-state index in [9.17, 15) is 9.18 Å². The molecule has 0 aromatic heterocycles. The van der Waals surface area contributed by atoms with Gasteiger partial charge in [-0.05, 0) is 29.8 Å². The van der Waals surface area contributed by atoms with Crippen molar-refractivity contribution in [2.75, 3.05) is 11.9 Å². The number of hydrogen-bond acceptors (Lipinski definition) is 3. The highest BCUT2D eigenvalue weighted by Crippen LogP contribution is 2.29. The Hall–Kier alpha value is -2.79. The number of rotatable bonds is 7. The molecule has 0 saturated heterocycles. The maximum Gasteiger partial charge on any atom is 0.262 e. The van der Waals surface area contributed by atoms with Crippen molar-refractivity contribution in [1.29, 1.82) is 0 Å². The molecule has 1 amide bonds. The molecule has 0 aliphatic rings. The number of thioether (sulfide) groups is 1. The van der Waals surface area contributed by atoms with Gasteiger partial charge in [0.05, 0.1) is 5.69 Å². The van der Waals surface area contributed by atoms with Crippen molar-refractivity contribution in [3.8, 4) is 5.75 Å². The standard InChI is InChI=1S/C21H18FNO2S/c22-17-9-6-10-18(13-17)25-14-21(24)23-19-11-4-5-12-20(19)26-15-16-7-2-1-3-8-16/h1-13H,14-15H2,(H,23,24). The van der Waals surface area contributed by atoms with Crippen molar-refractivity contribution in [2.45, 2.75) is 10.6 Å². The minimum atomic E-state index is -0.398. The summed E-state index contributed by atoms with van der Waals surface area (Å²) in [5, 5.41) is 2.85. The van der Waals surface area contributed by atoms with Gasteiger partial charge in [0.15, 0.2) is 6.61 Å². The van der Waals surface area contributed by atoms with Crippen LogP contribution in [0.3, 0.4) is 0 Å². The van der Waals surface area contributed by atoms with Crippen molar-refractivity contribution in [3.05, 3.63) is 90.2 Å². The van der Waals surface area contributed by atoms with Crippen LogP contribution < -0.4 is 10.1 Å². The molecule has 3 aromatic carbocycles. The molecule has 5 heteroatoms. The number of nitrogens with one attached hydrogen (secondary N) is 1. The summed E-state index contributed by atoms with van der Waals surface area (Å²) in [5.74, 6) is 0.451. The molecule has 3 aromatic rings. The lowest BCUT2D eigenvalue weighted by Crippen LogP contribution is -2.20. The molecular formula is C21H18FNO2S. The highest BCUT2D eigenvalue weighted by atomic mass is 32.2. The van der Waals surface area contributed by atoms with Crippen LogP contribution in [0.25, 0.3) is 0 Å². The van der Waals surface area contributed by atoms with Gasteiger partial charge in [-0.3, -0.25) is 4.79 Å². The molecule has 0 fully saturated rings. The van der Waals surface area contributed by atoms with E-state index < -0.39 is 5.82 Å². The van der Waals surface area contributed by atoms with Crippen LogP contribution in [0.4, 0.5) is 10.1 Å². The molecule has 0 saturated carbocycles. The summed E-state index contributed by atoms with van der Waals surface area (Å²) in [4.78, 5) is 13.1.